The molecule has 3 nitrogen and oxygen atoms in total. The van der Waals surface area contributed by atoms with Crippen LogP contribution in [-0.4, -0.2) is 24.9 Å². The van der Waals surface area contributed by atoms with Gasteiger partial charge in [0.25, 0.3) is 5.91 Å². The van der Waals surface area contributed by atoms with Crippen molar-refractivity contribution >= 4 is 5.91 Å². The largest absolute Gasteiger partial charge is 0.364 e. The van der Waals surface area contributed by atoms with Crippen molar-refractivity contribution in [3.8, 4) is 0 Å². The van der Waals surface area contributed by atoms with Crippen LogP contribution < -0.4 is 11.1 Å². The van der Waals surface area contributed by atoms with E-state index in [0.717, 1.165) is 19.3 Å². The second-order valence-corrected chi connectivity index (χ2v) is 2.95. The molecule has 0 atom stereocenters. The highest BCUT2D eigenvalue weighted by Gasteiger charge is 2.35. The fourth-order valence-corrected chi connectivity index (χ4v) is 0.832. The lowest BCUT2D eigenvalue weighted by molar-refractivity contribution is -0.141. The van der Waals surface area contributed by atoms with Crippen LogP contribution in [0, 0.1) is 0 Å². The lowest BCUT2D eigenvalue weighted by Gasteiger charge is -2.12. The van der Waals surface area contributed by atoms with Crippen molar-refractivity contribution in [1.82, 2.24) is 5.32 Å². The Bertz CT molecular complexity index is 162. The number of primary amides is 1. The molecular weight excluding hydrogens is 178 g/mol. The minimum Gasteiger partial charge on any atom is -0.364 e. The average molecular weight is 194 g/mol. The fourth-order valence-electron chi connectivity index (χ4n) is 0.832. The first-order valence-corrected chi connectivity index (χ1v) is 4.39. The van der Waals surface area contributed by atoms with E-state index in [0.29, 0.717) is 6.54 Å². The highest BCUT2D eigenvalue weighted by atomic mass is 19.3. The number of nitrogens with two attached hydrogens (primary N) is 1. The van der Waals surface area contributed by atoms with Crippen molar-refractivity contribution in [2.75, 3.05) is 13.1 Å². The minimum absolute atomic E-state index is 0.497. The molecule has 0 unspecified atom stereocenters. The van der Waals surface area contributed by atoms with Crippen LogP contribution in [0.15, 0.2) is 0 Å². The Morgan fingerprint density at radius 1 is 1.46 bits per heavy atom. The fraction of sp³-hybridized carbons (Fsp3) is 0.875. The van der Waals surface area contributed by atoms with Gasteiger partial charge in [-0.3, -0.25) is 4.79 Å². The molecule has 0 aliphatic rings. The summed E-state index contributed by atoms with van der Waals surface area (Å²) in [5, 5.41) is 2.49. The summed E-state index contributed by atoms with van der Waals surface area (Å²) >= 11 is 0. The van der Waals surface area contributed by atoms with Gasteiger partial charge in [0.05, 0.1) is 6.54 Å². The molecule has 0 fully saturated rings. The second-order valence-electron chi connectivity index (χ2n) is 2.95. The third kappa shape index (κ3) is 5.52. The normalized spacial score (nSPS) is 11.6. The third-order valence-corrected chi connectivity index (χ3v) is 1.66. The SMILES string of the molecule is CCCCCNCC(F)(F)C(N)=O. The van der Waals surface area contributed by atoms with E-state index < -0.39 is 18.4 Å². The standard InChI is InChI=1S/C8H16F2N2O/c1-2-3-4-5-12-6-8(9,10)7(11)13/h12H,2-6H2,1H3,(H2,11,13). The van der Waals surface area contributed by atoms with Crippen molar-refractivity contribution in [3.63, 3.8) is 0 Å². The van der Waals surface area contributed by atoms with Gasteiger partial charge in [0.1, 0.15) is 0 Å². The van der Waals surface area contributed by atoms with E-state index in [1.54, 1.807) is 0 Å². The molecule has 0 radical (unpaired) electrons. The van der Waals surface area contributed by atoms with Crippen molar-refractivity contribution in [2.45, 2.75) is 32.1 Å². The number of carbonyl (C=O) groups excluding carboxylic acids is 1. The van der Waals surface area contributed by atoms with Gasteiger partial charge in [0, 0.05) is 0 Å². The number of alkyl halides is 2. The van der Waals surface area contributed by atoms with Crippen LogP contribution in [0.2, 0.25) is 0 Å². The summed E-state index contributed by atoms with van der Waals surface area (Å²) in [4.78, 5) is 10.2. The van der Waals surface area contributed by atoms with Crippen LogP contribution in [0.25, 0.3) is 0 Å². The Labute approximate surface area is 76.7 Å². The van der Waals surface area contributed by atoms with Gasteiger partial charge in [-0.15, -0.1) is 0 Å². The molecule has 13 heavy (non-hydrogen) atoms. The molecular formula is C8H16F2N2O. The maximum atomic E-state index is 12.5. The van der Waals surface area contributed by atoms with E-state index in [2.05, 4.69) is 11.1 Å². The summed E-state index contributed by atoms with van der Waals surface area (Å²) in [5.41, 5.74) is 4.48. The number of hydrogen-bond donors (Lipinski definition) is 2. The molecule has 0 saturated heterocycles. The van der Waals surface area contributed by atoms with Gasteiger partial charge in [0.15, 0.2) is 0 Å². The van der Waals surface area contributed by atoms with E-state index in [4.69, 9.17) is 0 Å². The summed E-state index contributed by atoms with van der Waals surface area (Å²) in [5.74, 6) is -5.00. The number of rotatable bonds is 7. The van der Waals surface area contributed by atoms with Crippen molar-refractivity contribution < 1.29 is 13.6 Å². The minimum atomic E-state index is -3.42. The predicted molar refractivity (Wildman–Crippen MR) is 46.5 cm³/mol. The molecule has 0 aromatic heterocycles. The highest BCUT2D eigenvalue weighted by Crippen LogP contribution is 2.10. The van der Waals surface area contributed by atoms with E-state index in [1.807, 2.05) is 6.92 Å². The smallest absolute Gasteiger partial charge is 0.336 e. The summed E-state index contributed by atoms with van der Waals surface area (Å²) in [6.45, 7) is 1.86. The number of carbonyl (C=O) groups is 1. The van der Waals surface area contributed by atoms with Gasteiger partial charge in [-0.05, 0) is 13.0 Å². The first kappa shape index (κ1) is 12.3. The molecule has 0 saturated carbocycles. The van der Waals surface area contributed by atoms with Crippen molar-refractivity contribution in [2.24, 2.45) is 5.73 Å². The van der Waals surface area contributed by atoms with Crippen LogP contribution in [0.4, 0.5) is 8.78 Å². The van der Waals surface area contributed by atoms with Crippen LogP contribution >= 0.6 is 0 Å². The molecule has 0 bridgehead atoms. The number of unbranched alkanes of at least 4 members (excludes halogenated alkanes) is 2. The molecule has 0 aromatic rings. The van der Waals surface area contributed by atoms with Gasteiger partial charge in [0.2, 0.25) is 0 Å². The molecule has 0 aliphatic heterocycles. The summed E-state index contributed by atoms with van der Waals surface area (Å²) in [7, 11) is 0. The van der Waals surface area contributed by atoms with E-state index in [1.165, 1.54) is 0 Å². The Kier molecular flexibility index (Phi) is 5.53. The first-order valence-electron chi connectivity index (χ1n) is 4.39. The molecule has 0 rings (SSSR count). The van der Waals surface area contributed by atoms with E-state index >= 15 is 0 Å². The molecule has 0 aromatic carbocycles. The summed E-state index contributed by atoms with van der Waals surface area (Å²) in [6.07, 6.45) is 2.87. The average Bonchev–Trinajstić information content (AvgIpc) is 2.03. The lowest BCUT2D eigenvalue weighted by atomic mass is 10.2. The Hall–Kier alpha value is -0.710. The van der Waals surface area contributed by atoms with Gasteiger partial charge >= 0.3 is 5.92 Å². The molecule has 0 spiro atoms. The topological polar surface area (TPSA) is 55.1 Å². The predicted octanol–water partition coefficient (Wildman–Crippen LogP) is 0.887. The lowest BCUT2D eigenvalue weighted by Crippen LogP contribution is -2.44. The molecule has 5 heteroatoms. The second kappa shape index (κ2) is 5.85. The van der Waals surface area contributed by atoms with Gasteiger partial charge in [-0.2, -0.15) is 8.78 Å². The van der Waals surface area contributed by atoms with E-state index in [9.17, 15) is 13.6 Å². The van der Waals surface area contributed by atoms with Crippen LogP contribution in [-0.2, 0) is 4.79 Å². The van der Waals surface area contributed by atoms with Crippen LogP contribution in [0.5, 0.6) is 0 Å². The Balaban J connectivity index is 3.46. The zero-order valence-electron chi connectivity index (χ0n) is 7.78. The zero-order chi connectivity index (χ0) is 10.3. The Morgan fingerprint density at radius 3 is 2.54 bits per heavy atom. The molecule has 1 amide bonds. The Morgan fingerprint density at radius 2 is 2.08 bits per heavy atom. The van der Waals surface area contributed by atoms with Gasteiger partial charge in [-0.25, -0.2) is 0 Å². The molecule has 0 aliphatic carbocycles. The van der Waals surface area contributed by atoms with Crippen molar-refractivity contribution in [1.29, 1.82) is 0 Å². The summed E-state index contributed by atoms with van der Waals surface area (Å²) < 4.78 is 25.0. The van der Waals surface area contributed by atoms with Gasteiger partial charge < -0.3 is 11.1 Å². The zero-order valence-corrected chi connectivity index (χ0v) is 7.78. The van der Waals surface area contributed by atoms with Gasteiger partial charge in [-0.1, -0.05) is 19.8 Å². The van der Waals surface area contributed by atoms with Crippen LogP contribution in [0.3, 0.4) is 0 Å². The maximum Gasteiger partial charge on any atom is 0.336 e. The highest BCUT2D eigenvalue weighted by molar-refractivity contribution is 5.81. The molecule has 0 heterocycles. The number of hydrogen-bond acceptors (Lipinski definition) is 2. The molecule has 78 valence electrons. The molecule has 3 N–H and O–H groups in total. The van der Waals surface area contributed by atoms with Crippen molar-refractivity contribution in [3.05, 3.63) is 0 Å². The first-order chi connectivity index (χ1) is 6.00. The maximum absolute atomic E-state index is 12.5. The summed E-state index contributed by atoms with van der Waals surface area (Å²) in [6, 6.07) is 0. The number of halogens is 2. The number of amides is 1. The number of nitrogens with one attached hydrogen (secondary N) is 1. The van der Waals surface area contributed by atoms with Crippen LogP contribution in [0.1, 0.15) is 26.2 Å². The van der Waals surface area contributed by atoms with E-state index in [-0.39, 0.29) is 0 Å². The monoisotopic (exact) mass is 194 g/mol. The quantitative estimate of drug-likeness (QED) is 0.591. The third-order valence-electron chi connectivity index (χ3n) is 1.66.